The minimum absolute atomic E-state index is 0.335. The summed E-state index contributed by atoms with van der Waals surface area (Å²) in [6, 6.07) is 0. The zero-order valence-corrected chi connectivity index (χ0v) is 23.9. The summed E-state index contributed by atoms with van der Waals surface area (Å²) in [7, 11) is 2.35. The third-order valence-electron chi connectivity index (χ3n) is 6.50. The summed E-state index contributed by atoms with van der Waals surface area (Å²) in [6.45, 7) is 4.73. The van der Waals surface area contributed by atoms with Gasteiger partial charge in [0, 0.05) is 6.42 Å². The Bertz CT molecular complexity index is 502. The molecule has 198 valence electrons. The molecular weight excluding hydrogens is 429 g/mol. The van der Waals surface area contributed by atoms with Crippen molar-refractivity contribution in [3.63, 3.8) is 0 Å². The second-order valence-corrected chi connectivity index (χ2v) is 12.8. The third kappa shape index (κ3) is 19.8. The molecule has 1 N–H and O–H groups in total. The van der Waals surface area contributed by atoms with E-state index in [1.54, 1.807) is 0 Å². The predicted octanol–water partition coefficient (Wildman–Crippen LogP) is 9.23. The number of rotatable bonds is 24. The van der Waals surface area contributed by atoms with Gasteiger partial charge in [-0.1, -0.05) is 103 Å². The minimum atomic E-state index is -3.57. The lowest BCUT2D eigenvalue weighted by Crippen LogP contribution is -2.45. The highest BCUT2D eigenvalue weighted by molar-refractivity contribution is 7.53. The molecule has 0 rings (SSSR count). The molecule has 0 aliphatic rings. The molecule has 33 heavy (non-hydrogen) atoms. The first-order valence-electron chi connectivity index (χ1n) is 14.2. The second kappa shape index (κ2) is 21.2. The van der Waals surface area contributed by atoms with E-state index in [4.69, 9.17) is 4.52 Å². The average Bonchev–Trinajstić information content (AvgIpc) is 2.75. The molecule has 0 spiro atoms. The van der Waals surface area contributed by atoms with Crippen LogP contribution in [-0.4, -0.2) is 42.9 Å². The topological polar surface area (TPSA) is 46.5 Å². The minimum Gasteiger partial charge on any atom is -0.320 e. The summed E-state index contributed by atoms with van der Waals surface area (Å²) in [5.74, 6) is -0.335. The second-order valence-electron chi connectivity index (χ2n) is 10.8. The van der Waals surface area contributed by atoms with Gasteiger partial charge < -0.3 is 13.9 Å². The molecule has 5 heteroatoms. The molecule has 2 unspecified atom stereocenters. The van der Waals surface area contributed by atoms with Gasteiger partial charge in [0.15, 0.2) is 5.78 Å². The Hall–Kier alpha value is -0.150. The summed E-state index contributed by atoms with van der Waals surface area (Å²) >= 11 is 0. The van der Waals surface area contributed by atoms with Crippen LogP contribution < -0.4 is 0 Å². The fourth-order valence-corrected chi connectivity index (χ4v) is 6.43. The molecule has 0 aliphatic heterocycles. The van der Waals surface area contributed by atoms with Gasteiger partial charge in [-0.3, -0.25) is 4.57 Å². The maximum absolute atomic E-state index is 12.7. The Balaban J connectivity index is 3.52. The first-order chi connectivity index (χ1) is 15.8. The fraction of sp³-hybridized carbons (Fsp3) is 0.929. The van der Waals surface area contributed by atoms with Crippen LogP contribution >= 0.6 is 7.60 Å². The summed E-state index contributed by atoms with van der Waals surface area (Å²) < 4.78 is 18.6. The zero-order chi connectivity index (χ0) is 24.8. The molecule has 0 bridgehead atoms. The van der Waals surface area contributed by atoms with Crippen LogP contribution in [0.15, 0.2) is 12.2 Å². The van der Waals surface area contributed by atoms with E-state index in [0.29, 0.717) is 17.5 Å². The Morgan fingerprint density at radius 1 is 0.697 bits per heavy atom. The molecule has 0 saturated heterocycles. The highest BCUT2D eigenvalue weighted by atomic mass is 31.2. The molecule has 0 aromatic carbocycles. The first-order valence-corrected chi connectivity index (χ1v) is 15.8. The van der Waals surface area contributed by atoms with Gasteiger partial charge in [0.2, 0.25) is 0 Å². The number of allylic oxidation sites excluding steroid dienone is 2. The highest BCUT2D eigenvalue weighted by Crippen LogP contribution is 2.51. The third-order valence-corrected chi connectivity index (χ3v) is 8.76. The van der Waals surface area contributed by atoms with E-state index in [0.717, 1.165) is 19.3 Å². The molecule has 2 atom stereocenters. The van der Waals surface area contributed by atoms with Crippen molar-refractivity contribution in [3.8, 4) is 0 Å². The standard InChI is InChI=1S/C28H58NO3P/c1-6-8-9-10-11-12-13-14-15-16-17-18-19-20-21-22-23-24-25-27-32-33(30,31)28(26-7-2)29(3,4)5/h15-16,28H,6-14,17-27H2,1-5H3/p+1. The lowest BCUT2D eigenvalue weighted by atomic mass is 10.1. The van der Waals surface area contributed by atoms with Crippen LogP contribution in [-0.2, 0) is 9.09 Å². The largest absolute Gasteiger partial charge is 0.385 e. The summed E-state index contributed by atoms with van der Waals surface area (Å²) in [5.41, 5.74) is 0. The van der Waals surface area contributed by atoms with Gasteiger partial charge in [-0.05, 0) is 38.5 Å². The smallest absolute Gasteiger partial charge is 0.320 e. The number of hydrogen-bond acceptors (Lipinski definition) is 2. The van der Waals surface area contributed by atoms with E-state index >= 15 is 0 Å². The highest BCUT2D eigenvalue weighted by Gasteiger charge is 2.41. The van der Waals surface area contributed by atoms with Crippen molar-refractivity contribution < 1.29 is 18.5 Å². The normalized spacial score (nSPS) is 15.2. The van der Waals surface area contributed by atoms with E-state index in [-0.39, 0.29) is 5.78 Å². The van der Waals surface area contributed by atoms with Crippen LogP contribution in [0.4, 0.5) is 0 Å². The predicted molar refractivity (Wildman–Crippen MR) is 146 cm³/mol. The van der Waals surface area contributed by atoms with Crippen molar-refractivity contribution in [2.24, 2.45) is 0 Å². The van der Waals surface area contributed by atoms with Crippen LogP contribution in [0.1, 0.15) is 136 Å². The molecule has 0 amide bonds. The number of unbranched alkanes of at least 4 members (excludes halogenated alkanes) is 15. The Kier molecular flexibility index (Phi) is 21.1. The molecule has 0 aromatic rings. The maximum Gasteiger partial charge on any atom is 0.385 e. The van der Waals surface area contributed by atoms with E-state index in [9.17, 15) is 9.46 Å². The quantitative estimate of drug-likeness (QED) is 0.0637. The van der Waals surface area contributed by atoms with Crippen LogP contribution in [0, 0.1) is 0 Å². The maximum atomic E-state index is 12.7. The van der Waals surface area contributed by atoms with Crippen molar-refractivity contribution in [2.75, 3.05) is 27.7 Å². The van der Waals surface area contributed by atoms with Crippen molar-refractivity contribution >= 4 is 7.60 Å². The molecule has 0 aromatic heterocycles. The van der Waals surface area contributed by atoms with Crippen LogP contribution in [0.5, 0.6) is 0 Å². The van der Waals surface area contributed by atoms with Gasteiger partial charge in [0.05, 0.1) is 27.7 Å². The van der Waals surface area contributed by atoms with Gasteiger partial charge in [-0.2, -0.15) is 0 Å². The molecule has 0 aliphatic carbocycles. The van der Waals surface area contributed by atoms with E-state index < -0.39 is 7.60 Å². The van der Waals surface area contributed by atoms with Crippen LogP contribution in [0.2, 0.25) is 0 Å². The van der Waals surface area contributed by atoms with Gasteiger partial charge in [0.25, 0.3) is 0 Å². The molecule has 0 heterocycles. The summed E-state index contributed by atoms with van der Waals surface area (Å²) in [6.07, 6.45) is 28.4. The van der Waals surface area contributed by atoms with Gasteiger partial charge >= 0.3 is 7.60 Å². The van der Waals surface area contributed by atoms with Crippen LogP contribution in [0.3, 0.4) is 0 Å². The molecular formula is C28H59NO3P+. The van der Waals surface area contributed by atoms with E-state index in [1.807, 2.05) is 21.1 Å². The lowest BCUT2D eigenvalue weighted by molar-refractivity contribution is -0.883. The molecule has 0 radical (unpaired) electrons. The molecule has 0 saturated carbocycles. The van der Waals surface area contributed by atoms with Crippen molar-refractivity contribution in [2.45, 2.75) is 142 Å². The van der Waals surface area contributed by atoms with E-state index in [2.05, 4.69) is 26.0 Å². The Morgan fingerprint density at radius 3 is 1.55 bits per heavy atom. The monoisotopic (exact) mass is 488 g/mol. The number of nitrogens with zero attached hydrogens (tertiary/aromatic N) is 1. The van der Waals surface area contributed by atoms with Gasteiger partial charge in [-0.25, -0.2) is 0 Å². The Labute approximate surface area is 207 Å². The molecule has 0 fully saturated rings. The average molecular weight is 489 g/mol. The van der Waals surface area contributed by atoms with Crippen molar-refractivity contribution in [1.82, 2.24) is 0 Å². The van der Waals surface area contributed by atoms with Crippen molar-refractivity contribution in [1.29, 1.82) is 0 Å². The number of hydrogen-bond donors (Lipinski definition) is 1. The van der Waals surface area contributed by atoms with E-state index in [1.165, 1.54) is 96.3 Å². The fourth-order valence-electron chi connectivity index (χ4n) is 4.41. The zero-order valence-electron chi connectivity index (χ0n) is 23.0. The Morgan fingerprint density at radius 2 is 1.12 bits per heavy atom. The first kappa shape index (κ1) is 32.8. The lowest BCUT2D eigenvalue weighted by Gasteiger charge is -2.35. The van der Waals surface area contributed by atoms with Crippen LogP contribution in [0.25, 0.3) is 0 Å². The van der Waals surface area contributed by atoms with Crippen molar-refractivity contribution in [3.05, 3.63) is 12.2 Å². The number of quaternary nitrogens is 1. The summed E-state index contributed by atoms with van der Waals surface area (Å²) in [5, 5.41) is 0. The van der Waals surface area contributed by atoms with Gasteiger partial charge in [-0.15, -0.1) is 0 Å². The summed E-state index contributed by atoms with van der Waals surface area (Å²) in [4.78, 5) is 10.4. The van der Waals surface area contributed by atoms with Gasteiger partial charge in [0.1, 0.15) is 0 Å². The molecule has 4 nitrogen and oxygen atoms in total. The SMILES string of the molecule is CCCCCCCCCC=CCCCCCCCCCCOP(=O)(O)C(CCC)[N+](C)(C)C.